The predicted octanol–water partition coefficient (Wildman–Crippen LogP) is 3.02. The fourth-order valence-corrected chi connectivity index (χ4v) is 2.06. The van der Waals surface area contributed by atoms with Crippen LogP contribution in [0.1, 0.15) is 5.56 Å². The highest BCUT2D eigenvalue weighted by atomic mass is 19.4. The van der Waals surface area contributed by atoms with Gasteiger partial charge in [-0.05, 0) is 29.8 Å². The lowest BCUT2D eigenvalue weighted by Gasteiger charge is -2.32. The van der Waals surface area contributed by atoms with Crippen molar-refractivity contribution in [2.45, 2.75) is 11.8 Å². The van der Waals surface area contributed by atoms with Gasteiger partial charge in [-0.3, -0.25) is 0 Å². The third-order valence-corrected chi connectivity index (χ3v) is 3.06. The number of hydrogen-bond acceptors (Lipinski definition) is 3. The number of nitrogens with two attached hydrogens (primary N) is 1. The fraction of sp³-hybridized carbons (Fsp3) is 0.286. The zero-order valence-electron chi connectivity index (χ0n) is 10.9. The smallest absolute Gasteiger partial charge is 0.399 e. The van der Waals surface area contributed by atoms with Gasteiger partial charge < -0.3 is 15.4 Å². The number of methoxy groups -OCH3 is 1. The quantitative estimate of drug-likeness (QED) is 0.867. The summed E-state index contributed by atoms with van der Waals surface area (Å²) in [6, 6.07) is 7.06. The Morgan fingerprint density at radius 3 is 2.40 bits per heavy atom. The van der Waals surface area contributed by atoms with Crippen LogP contribution in [0.15, 0.2) is 48.8 Å². The van der Waals surface area contributed by atoms with Crippen LogP contribution in [0.2, 0.25) is 0 Å². The summed E-state index contributed by atoms with van der Waals surface area (Å²) in [6.45, 7) is -1.03. The van der Waals surface area contributed by atoms with E-state index in [1.807, 2.05) is 6.07 Å². The Kier molecular flexibility index (Phi) is 3.76. The van der Waals surface area contributed by atoms with Crippen molar-refractivity contribution < 1.29 is 17.9 Å². The van der Waals surface area contributed by atoms with Crippen LogP contribution in [0.4, 0.5) is 18.9 Å². The molecule has 108 valence electrons. The lowest BCUT2D eigenvalue weighted by Crippen LogP contribution is -2.32. The standard InChI is InChI=1S/C14H15F3N2O/c1-20-13(11-3-2-4-12(18)9-11)5-7-19(8-6-13)10-14(15,16)17/h2-9H,10,18H2,1H3. The maximum atomic E-state index is 12.3. The molecule has 0 unspecified atom stereocenters. The molecule has 20 heavy (non-hydrogen) atoms. The Balaban J connectivity index is 2.24. The number of anilines is 1. The molecule has 0 aliphatic carbocycles. The van der Waals surface area contributed by atoms with Crippen molar-refractivity contribution in [2.24, 2.45) is 0 Å². The first kappa shape index (κ1) is 14.5. The summed E-state index contributed by atoms with van der Waals surface area (Å²) in [7, 11) is 1.50. The van der Waals surface area contributed by atoms with Crippen molar-refractivity contribution in [3.05, 3.63) is 54.4 Å². The van der Waals surface area contributed by atoms with E-state index in [1.54, 1.807) is 30.4 Å². The average molecular weight is 284 g/mol. The molecule has 1 aromatic carbocycles. The largest absolute Gasteiger partial charge is 0.406 e. The van der Waals surface area contributed by atoms with Crippen LogP contribution in [0.25, 0.3) is 0 Å². The molecule has 6 heteroatoms. The summed E-state index contributed by atoms with van der Waals surface area (Å²) < 4.78 is 42.5. The molecule has 1 heterocycles. The summed E-state index contributed by atoms with van der Waals surface area (Å²) in [5.41, 5.74) is 6.17. The van der Waals surface area contributed by atoms with E-state index < -0.39 is 18.3 Å². The van der Waals surface area contributed by atoms with Crippen molar-refractivity contribution in [1.82, 2.24) is 4.90 Å². The number of benzene rings is 1. The lowest BCUT2D eigenvalue weighted by atomic mass is 9.91. The highest BCUT2D eigenvalue weighted by molar-refractivity contribution is 5.46. The fourth-order valence-electron chi connectivity index (χ4n) is 2.06. The monoisotopic (exact) mass is 284 g/mol. The zero-order chi connectivity index (χ0) is 14.8. The second-order valence-electron chi connectivity index (χ2n) is 4.54. The molecule has 0 fully saturated rings. The molecule has 0 aromatic heterocycles. The van der Waals surface area contributed by atoms with Crippen molar-refractivity contribution in [2.75, 3.05) is 19.4 Å². The van der Waals surface area contributed by atoms with E-state index in [2.05, 4.69) is 0 Å². The molecule has 1 aromatic rings. The van der Waals surface area contributed by atoms with Gasteiger partial charge in [0.05, 0.1) is 0 Å². The molecule has 0 atom stereocenters. The maximum absolute atomic E-state index is 12.3. The molecule has 1 aliphatic heterocycles. The lowest BCUT2D eigenvalue weighted by molar-refractivity contribution is -0.136. The topological polar surface area (TPSA) is 38.5 Å². The number of rotatable bonds is 3. The minimum atomic E-state index is -4.25. The van der Waals surface area contributed by atoms with Gasteiger partial charge in [0.25, 0.3) is 0 Å². The molecule has 2 N–H and O–H groups in total. The van der Waals surface area contributed by atoms with Crippen molar-refractivity contribution >= 4 is 5.69 Å². The third kappa shape index (κ3) is 3.14. The van der Waals surface area contributed by atoms with Crippen LogP contribution in [-0.4, -0.2) is 24.7 Å². The predicted molar refractivity (Wildman–Crippen MR) is 70.6 cm³/mol. The first-order valence-electron chi connectivity index (χ1n) is 5.97. The van der Waals surface area contributed by atoms with Crippen molar-refractivity contribution in [1.29, 1.82) is 0 Å². The number of hydrogen-bond donors (Lipinski definition) is 1. The number of halogens is 3. The van der Waals surface area contributed by atoms with E-state index in [1.165, 1.54) is 19.5 Å². The number of alkyl halides is 3. The Hall–Kier alpha value is -1.95. The van der Waals surface area contributed by atoms with Gasteiger partial charge in [0.1, 0.15) is 12.1 Å². The third-order valence-electron chi connectivity index (χ3n) is 3.06. The molecular formula is C14H15F3N2O. The zero-order valence-corrected chi connectivity index (χ0v) is 10.9. The first-order chi connectivity index (χ1) is 9.35. The normalized spacial score (nSPS) is 17.5. The molecule has 1 aliphatic rings. The van der Waals surface area contributed by atoms with Crippen LogP contribution in [0.5, 0.6) is 0 Å². The van der Waals surface area contributed by atoms with Crippen molar-refractivity contribution in [3.63, 3.8) is 0 Å². The summed E-state index contributed by atoms with van der Waals surface area (Å²) in [5.74, 6) is 0. The number of nitrogen functional groups attached to an aromatic ring is 1. The summed E-state index contributed by atoms with van der Waals surface area (Å²) in [5, 5.41) is 0. The number of ether oxygens (including phenoxy) is 1. The second kappa shape index (κ2) is 5.20. The molecule has 0 saturated heterocycles. The van der Waals surface area contributed by atoms with Gasteiger partial charge in [-0.1, -0.05) is 12.1 Å². The SMILES string of the molecule is COC1(c2cccc(N)c2)C=CN(CC(F)(F)F)C=C1. The molecule has 0 amide bonds. The van der Waals surface area contributed by atoms with E-state index in [4.69, 9.17) is 10.5 Å². The Bertz CT molecular complexity index is 523. The van der Waals surface area contributed by atoms with E-state index in [9.17, 15) is 13.2 Å². The highest BCUT2D eigenvalue weighted by Crippen LogP contribution is 2.33. The maximum Gasteiger partial charge on any atom is 0.406 e. The van der Waals surface area contributed by atoms with Gasteiger partial charge in [0.15, 0.2) is 0 Å². The Morgan fingerprint density at radius 2 is 1.90 bits per heavy atom. The summed E-state index contributed by atoms with van der Waals surface area (Å²) in [6.07, 6.45) is 1.63. The molecule has 0 radical (unpaired) electrons. The van der Waals surface area contributed by atoms with E-state index in [0.717, 1.165) is 10.5 Å². The minimum Gasteiger partial charge on any atom is -0.399 e. The van der Waals surface area contributed by atoms with Gasteiger partial charge in [0, 0.05) is 25.2 Å². The molecule has 0 saturated carbocycles. The second-order valence-corrected chi connectivity index (χ2v) is 4.54. The van der Waals surface area contributed by atoms with E-state index in [0.29, 0.717) is 5.69 Å². The van der Waals surface area contributed by atoms with Gasteiger partial charge in [-0.2, -0.15) is 13.2 Å². The van der Waals surface area contributed by atoms with E-state index in [-0.39, 0.29) is 0 Å². The summed E-state index contributed by atoms with van der Waals surface area (Å²) in [4.78, 5) is 1.06. The van der Waals surface area contributed by atoms with Gasteiger partial charge in [-0.25, -0.2) is 0 Å². The molecule has 0 bridgehead atoms. The van der Waals surface area contributed by atoms with Crippen LogP contribution < -0.4 is 5.73 Å². The Morgan fingerprint density at radius 1 is 1.25 bits per heavy atom. The minimum absolute atomic E-state index is 0.568. The highest BCUT2D eigenvalue weighted by Gasteiger charge is 2.33. The van der Waals surface area contributed by atoms with Crippen molar-refractivity contribution in [3.8, 4) is 0 Å². The van der Waals surface area contributed by atoms with Gasteiger partial charge >= 0.3 is 6.18 Å². The summed E-state index contributed by atoms with van der Waals surface area (Å²) >= 11 is 0. The van der Waals surface area contributed by atoms with Gasteiger partial charge in [0.2, 0.25) is 0 Å². The first-order valence-corrected chi connectivity index (χ1v) is 5.97. The van der Waals surface area contributed by atoms with E-state index >= 15 is 0 Å². The van der Waals surface area contributed by atoms with Crippen LogP contribution in [0.3, 0.4) is 0 Å². The van der Waals surface area contributed by atoms with Crippen LogP contribution in [-0.2, 0) is 10.3 Å². The Labute approximate surface area is 115 Å². The molecular weight excluding hydrogens is 269 g/mol. The molecule has 0 spiro atoms. The molecule has 2 rings (SSSR count). The van der Waals surface area contributed by atoms with Crippen LogP contribution in [0, 0.1) is 0 Å². The number of nitrogens with zero attached hydrogens (tertiary/aromatic N) is 1. The van der Waals surface area contributed by atoms with Gasteiger partial charge in [-0.15, -0.1) is 0 Å². The average Bonchev–Trinajstić information content (AvgIpc) is 2.38. The molecule has 3 nitrogen and oxygen atoms in total. The van der Waals surface area contributed by atoms with Crippen LogP contribution >= 0.6 is 0 Å².